The first-order valence-corrected chi connectivity index (χ1v) is 7.17. The average Bonchev–Trinajstić information content (AvgIpc) is 2.78. The number of para-hydroxylation sites is 1. The van der Waals surface area contributed by atoms with Crippen molar-refractivity contribution < 1.29 is 0 Å². The summed E-state index contributed by atoms with van der Waals surface area (Å²) in [5, 5.41) is 4.44. The standard InChI is InChI=1S/C12H13ClN4S2/c13-8-5-19-6-10(8)17(12(16)18)9-3-1-2-7(4-14)11(9)15/h1-3,5-6H,4,14-15H2,(H2,16,18). The smallest absolute Gasteiger partial charge is 0.175 e. The molecule has 0 saturated carbocycles. The molecule has 0 spiro atoms. The average molecular weight is 313 g/mol. The van der Waals surface area contributed by atoms with Crippen LogP contribution in [0, 0.1) is 0 Å². The van der Waals surface area contributed by atoms with Gasteiger partial charge in [-0.25, -0.2) is 0 Å². The Kier molecular flexibility index (Phi) is 4.26. The highest BCUT2D eigenvalue weighted by atomic mass is 35.5. The molecule has 1 aromatic heterocycles. The van der Waals surface area contributed by atoms with Gasteiger partial charge in [0.2, 0.25) is 0 Å². The molecule has 4 nitrogen and oxygen atoms in total. The van der Waals surface area contributed by atoms with Crippen LogP contribution in [0.1, 0.15) is 5.56 Å². The Morgan fingerprint density at radius 2 is 2.05 bits per heavy atom. The van der Waals surface area contributed by atoms with Crippen molar-refractivity contribution in [3.8, 4) is 0 Å². The molecule has 0 aliphatic carbocycles. The lowest BCUT2D eigenvalue weighted by Crippen LogP contribution is -2.31. The zero-order chi connectivity index (χ0) is 14.0. The number of anilines is 3. The number of hydrogen-bond acceptors (Lipinski definition) is 4. The summed E-state index contributed by atoms with van der Waals surface area (Å²) in [7, 11) is 0. The van der Waals surface area contributed by atoms with E-state index in [0.29, 0.717) is 22.9 Å². The highest BCUT2D eigenvalue weighted by Gasteiger charge is 2.19. The third kappa shape index (κ3) is 2.66. The number of thiocarbonyl (C=S) groups is 1. The maximum atomic E-state index is 6.14. The molecule has 2 aromatic rings. The number of nitrogens with two attached hydrogens (primary N) is 3. The molecule has 0 amide bonds. The molecular weight excluding hydrogens is 300 g/mol. The second-order valence-corrected chi connectivity index (χ2v) is 5.40. The number of nitrogens with zero attached hydrogens (tertiary/aromatic N) is 1. The first-order chi connectivity index (χ1) is 9.06. The molecule has 1 heterocycles. The molecule has 19 heavy (non-hydrogen) atoms. The maximum absolute atomic E-state index is 6.14. The Bertz CT molecular complexity index is 612. The third-order valence-electron chi connectivity index (χ3n) is 2.69. The quantitative estimate of drug-likeness (QED) is 0.600. The molecule has 100 valence electrons. The first-order valence-electron chi connectivity index (χ1n) is 5.45. The number of thiophene rings is 1. The molecule has 1 aromatic carbocycles. The lowest BCUT2D eigenvalue weighted by Gasteiger charge is -2.24. The second-order valence-electron chi connectivity index (χ2n) is 3.83. The van der Waals surface area contributed by atoms with Gasteiger partial charge in [0.25, 0.3) is 0 Å². The van der Waals surface area contributed by atoms with Crippen LogP contribution in [0.15, 0.2) is 29.0 Å². The molecule has 2 rings (SSSR count). The van der Waals surface area contributed by atoms with Gasteiger partial charge in [-0.15, -0.1) is 11.3 Å². The Morgan fingerprint density at radius 1 is 1.32 bits per heavy atom. The van der Waals surface area contributed by atoms with Gasteiger partial charge in [-0.2, -0.15) is 0 Å². The zero-order valence-electron chi connectivity index (χ0n) is 9.97. The summed E-state index contributed by atoms with van der Waals surface area (Å²) < 4.78 is 0. The van der Waals surface area contributed by atoms with Crippen molar-refractivity contribution >= 4 is 57.3 Å². The van der Waals surface area contributed by atoms with Crippen LogP contribution in [-0.2, 0) is 6.54 Å². The number of rotatable bonds is 3. The van der Waals surface area contributed by atoms with Gasteiger partial charge < -0.3 is 17.2 Å². The van der Waals surface area contributed by atoms with Gasteiger partial charge in [0.1, 0.15) is 0 Å². The summed E-state index contributed by atoms with van der Waals surface area (Å²) >= 11 is 12.7. The van der Waals surface area contributed by atoms with Crippen LogP contribution in [0.25, 0.3) is 0 Å². The molecule has 0 fully saturated rings. The van der Waals surface area contributed by atoms with Crippen molar-refractivity contribution in [1.82, 2.24) is 0 Å². The van der Waals surface area contributed by atoms with Crippen LogP contribution in [0.5, 0.6) is 0 Å². The van der Waals surface area contributed by atoms with E-state index in [0.717, 1.165) is 11.3 Å². The SMILES string of the molecule is NCc1cccc(N(C(N)=S)c2cscc2Cl)c1N. The van der Waals surface area contributed by atoms with Gasteiger partial charge in [-0.05, 0) is 23.8 Å². The van der Waals surface area contributed by atoms with Gasteiger partial charge in [-0.3, -0.25) is 4.90 Å². The predicted octanol–water partition coefficient (Wildman–Crippen LogP) is 2.82. The Hall–Kier alpha value is -1.34. The molecular formula is C12H13ClN4S2. The van der Waals surface area contributed by atoms with Crippen molar-refractivity contribution in [2.75, 3.05) is 10.6 Å². The van der Waals surface area contributed by atoms with Crippen molar-refractivity contribution in [1.29, 1.82) is 0 Å². The Morgan fingerprint density at radius 3 is 2.58 bits per heavy atom. The molecule has 0 saturated heterocycles. The Balaban J connectivity index is 2.58. The van der Waals surface area contributed by atoms with E-state index in [4.69, 9.17) is 41.0 Å². The molecule has 0 radical (unpaired) electrons. The minimum atomic E-state index is 0.182. The summed E-state index contributed by atoms with van der Waals surface area (Å²) in [6.07, 6.45) is 0. The van der Waals surface area contributed by atoms with Crippen molar-refractivity contribution in [2.24, 2.45) is 11.5 Å². The molecule has 7 heteroatoms. The van der Waals surface area contributed by atoms with E-state index in [2.05, 4.69) is 0 Å². The normalized spacial score (nSPS) is 10.4. The minimum absolute atomic E-state index is 0.182. The van der Waals surface area contributed by atoms with Gasteiger partial charge in [-0.1, -0.05) is 23.7 Å². The van der Waals surface area contributed by atoms with E-state index in [9.17, 15) is 0 Å². The summed E-state index contributed by atoms with van der Waals surface area (Å²) in [4.78, 5) is 1.66. The van der Waals surface area contributed by atoms with E-state index in [-0.39, 0.29) is 5.11 Å². The molecule has 0 bridgehead atoms. The number of halogens is 1. The van der Waals surface area contributed by atoms with E-state index in [1.54, 1.807) is 4.90 Å². The number of benzene rings is 1. The predicted molar refractivity (Wildman–Crippen MR) is 87.0 cm³/mol. The van der Waals surface area contributed by atoms with Gasteiger partial charge >= 0.3 is 0 Å². The van der Waals surface area contributed by atoms with Gasteiger partial charge in [0.05, 0.1) is 22.1 Å². The summed E-state index contributed by atoms with van der Waals surface area (Å²) in [5.41, 5.74) is 20.4. The van der Waals surface area contributed by atoms with Crippen molar-refractivity contribution in [3.63, 3.8) is 0 Å². The van der Waals surface area contributed by atoms with E-state index in [1.807, 2.05) is 29.0 Å². The zero-order valence-corrected chi connectivity index (χ0v) is 12.4. The Labute approximate surface area is 125 Å². The molecule has 0 atom stereocenters. The topological polar surface area (TPSA) is 81.3 Å². The van der Waals surface area contributed by atoms with Crippen LogP contribution in [0.2, 0.25) is 5.02 Å². The van der Waals surface area contributed by atoms with Gasteiger partial charge in [0.15, 0.2) is 5.11 Å². The molecule has 0 aliphatic rings. The fourth-order valence-electron chi connectivity index (χ4n) is 1.77. The highest BCUT2D eigenvalue weighted by molar-refractivity contribution is 7.80. The first kappa shape index (κ1) is 14.1. The number of hydrogen-bond donors (Lipinski definition) is 3. The van der Waals surface area contributed by atoms with Crippen molar-refractivity contribution in [2.45, 2.75) is 6.54 Å². The molecule has 0 aliphatic heterocycles. The fourth-order valence-corrected chi connectivity index (χ4v) is 3.00. The molecule has 0 unspecified atom stereocenters. The fraction of sp³-hybridized carbons (Fsp3) is 0.0833. The van der Waals surface area contributed by atoms with E-state index < -0.39 is 0 Å². The largest absolute Gasteiger partial charge is 0.397 e. The summed E-state index contributed by atoms with van der Waals surface area (Å²) in [6.45, 7) is 0.349. The number of nitrogen functional groups attached to an aromatic ring is 1. The van der Waals surface area contributed by atoms with Crippen LogP contribution in [0.3, 0.4) is 0 Å². The molecule has 6 N–H and O–H groups in total. The van der Waals surface area contributed by atoms with E-state index >= 15 is 0 Å². The second kappa shape index (κ2) is 5.75. The highest BCUT2D eigenvalue weighted by Crippen LogP contribution is 2.38. The van der Waals surface area contributed by atoms with Crippen LogP contribution >= 0.6 is 35.2 Å². The van der Waals surface area contributed by atoms with E-state index in [1.165, 1.54) is 11.3 Å². The lowest BCUT2D eigenvalue weighted by atomic mass is 10.1. The van der Waals surface area contributed by atoms with Crippen molar-refractivity contribution in [3.05, 3.63) is 39.5 Å². The minimum Gasteiger partial charge on any atom is -0.397 e. The lowest BCUT2D eigenvalue weighted by molar-refractivity contribution is 1.07. The summed E-state index contributed by atoms with van der Waals surface area (Å²) in [5.74, 6) is 0. The summed E-state index contributed by atoms with van der Waals surface area (Å²) in [6, 6.07) is 5.56. The van der Waals surface area contributed by atoms with Crippen LogP contribution < -0.4 is 22.1 Å². The van der Waals surface area contributed by atoms with Crippen LogP contribution in [-0.4, -0.2) is 5.11 Å². The third-order valence-corrected chi connectivity index (χ3v) is 4.04. The van der Waals surface area contributed by atoms with Gasteiger partial charge in [0, 0.05) is 17.3 Å². The maximum Gasteiger partial charge on any atom is 0.175 e. The monoisotopic (exact) mass is 312 g/mol. The van der Waals surface area contributed by atoms with Crippen LogP contribution in [0.4, 0.5) is 17.1 Å².